The summed E-state index contributed by atoms with van der Waals surface area (Å²) >= 11 is 0. The van der Waals surface area contributed by atoms with Gasteiger partial charge in [0.1, 0.15) is 0 Å². The minimum Gasteiger partial charge on any atom is -0.326 e. The van der Waals surface area contributed by atoms with Crippen LogP contribution in [-0.2, 0) is 12.7 Å². The molecule has 0 atom stereocenters. The van der Waals surface area contributed by atoms with Crippen LogP contribution in [0.25, 0.3) is 0 Å². The van der Waals surface area contributed by atoms with E-state index in [-0.39, 0.29) is 12.1 Å². The summed E-state index contributed by atoms with van der Waals surface area (Å²) in [5.41, 5.74) is 4.52. The van der Waals surface area contributed by atoms with Gasteiger partial charge < -0.3 is 5.73 Å². The van der Waals surface area contributed by atoms with Crippen LogP contribution >= 0.6 is 0 Å². The van der Waals surface area contributed by atoms with Gasteiger partial charge in [-0.1, -0.05) is 6.07 Å². The molecule has 0 aliphatic heterocycles. The average molecular weight is 174 g/mol. The van der Waals surface area contributed by atoms with Crippen molar-refractivity contribution < 1.29 is 13.2 Å². The van der Waals surface area contributed by atoms with Crippen molar-refractivity contribution in [3.05, 3.63) is 35.4 Å². The van der Waals surface area contributed by atoms with Crippen LogP contribution in [0, 0.1) is 6.07 Å². The van der Waals surface area contributed by atoms with Crippen molar-refractivity contribution in [2.24, 2.45) is 5.73 Å². The smallest absolute Gasteiger partial charge is 0.326 e. The van der Waals surface area contributed by atoms with E-state index in [9.17, 15) is 13.2 Å². The molecule has 0 saturated heterocycles. The maximum Gasteiger partial charge on any atom is 0.416 e. The Kier molecular flexibility index (Phi) is 2.38. The highest BCUT2D eigenvalue weighted by Crippen LogP contribution is 2.31. The van der Waals surface area contributed by atoms with Crippen molar-refractivity contribution in [1.82, 2.24) is 0 Å². The van der Waals surface area contributed by atoms with Gasteiger partial charge in [0.2, 0.25) is 0 Å². The Morgan fingerprint density at radius 2 is 2.08 bits per heavy atom. The van der Waals surface area contributed by atoms with Gasteiger partial charge >= 0.3 is 6.18 Å². The summed E-state index contributed by atoms with van der Waals surface area (Å²) in [6, 6.07) is 6.00. The summed E-state index contributed by atoms with van der Waals surface area (Å²) in [6.45, 7) is -0.119. The largest absolute Gasteiger partial charge is 0.416 e. The third kappa shape index (κ3) is 1.76. The number of alkyl halides is 3. The van der Waals surface area contributed by atoms with Gasteiger partial charge in [-0.25, -0.2) is 0 Å². The zero-order chi connectivity index (χ0) is 9.19. The molecule has 0 aromatic heterocycles. The first-order valence-corrected chi connectivity index (χ1v) is 3.32. The molecule has 65 valence electrons. The van der Waals surface area contributed by atoms with E-state index in [2.05, 4.69) is 6.07 Å². The van der Waals surface area contributed by atoms with Gasteiger partial charge in [-0.3, -0.25) is 0 Å². The molecule has 0 spiro atoms. The molecule has 1 radical (unpaired) electrons. The van der Waals surface area contributed by atoms with E-state index in [0.29, 0.717) is 0 Å². The van der Waals surface area contributed by atoms with Crippen LogP contribution in [0.15, 0.2) is 18.2 Å². The Morgan fingerprint density at radius 1 is 1.42 bits per heavy atom. The first kappa shape index (κ1) is 9.06. The molecule has 0 unspecified atom stereocenters. The number of rotatable bonds is 1. The summed E-state index contributed by atoms with van der Waals surface area (Å²) in [6.07, 6.45) is -4.32. The third-order valence-corrected chi connectivity index (χ3v) is 1.48. The first-order valence-electron chi connectivity index (χ1n) is 3.32. The highest BCUT2D eigenvalue weighted by molar-refractivity contribution is 5.28. The van der Waals surface area contributed by atoms with Crippen molar-refractivity contribution in [2.45, 2.75) is 12.7 Å². The molecule has 1 nitrogen and oxygen atoms in total. The minimum atomic E-state index is -4.32. The molecular formula is C8H7F3N. The second-order valence-electron chi connectivity index (χ2n) is 2.29. The minimum absolute atomic E-state index is 0.0741. The van der Waals surface area contributed by atoms with Crippen LogP contribution in [0.5, 0.6) is 0 Å². The number of benzene rings is 1. The molecule has 1 rings (SSSR count). The van der Waals surface area contributed by atoms with E-state index in [1.807, 2.05) is 0 Å². The molecule has 4 heteroatoms. The highest BCUT2D eigenvalue weighted by atomic mass is 19.4. The molecule has 0 saturated carbocycles. The molecule has 1 aromatic carbocycles. The van der Waals surface area contributed by atoms with Gasteiger partial charge in [-0.2, -0.15) is 13.2 Å². The SMILES string of the molecule is NCc1c[c]ccc1C(F)(F)F. The third-order valence-electron chi connectivity index (χ3n) is 1.48. The Hall–Kier alpha value is -1.03. The monoisotopic (exact) mass is 174 g/mol. The lowest BCUT2D eigenvalue weighted by atomic mass is 10.1. The Labute approximate surface area is 68.0 Å². The lowest BCUT2D eigenvalue weighted by Gasteiger charge is -2.10. The quantitative estimate of drug-likeness (QED) is 0.692. The molecule has 2 N–H and O–H groups in total. The van der Waals surface area contributed by atoms with Crippen LogP contribution in [0.3, 0.4) is 0 Å². The second kappa shape index (κ2) is 3.15. The topological polar surface area (TPSA) is 26.0 Å². The van der Waals surface area contributed by atoms with Gasteiger partial charge in [-0.15, -0.1) is 0 Å². The predicted molar refractivity (Wildman–Crippen MR) is 38.2 cm³/mol. The number of hydrogen-bond donors (Lipinski definition) is 1. The number of halogens is 3. The lowest BCUT2D eigenvalue weighted by molar-refractivity contribution is -0.138. The zero-order valence-corrected chi connectivity index (χ0v) is 6.15. The summed E-state index contributed by atoms with van der Waals surface area (Å²) in [4.78, 5) is 0. The fourth-order valence-electron chi connectivity index (χ4n) is 0.910. The zero-order valence-electron chi connectivity index (χ0n) is 6.15. The van der Waals surface area contributed by atoms with Crippen molar-refractivity contribution in [3.63, 3.8) is 0 Å². The van der Waals surface area contributed by atoms with Crippen molar-refractivity contribution in [2.75, 3.05) is 0 Å². The van der Waals surface area contributed by atoms with Gasteiger partial charge in [0.05, 0.1) is 5.56 Å². The van der Waals surface area contributed by atoms with Crippen LogP contribution in [0.4, 0.5) is 13.2 Å². The Balaban J connectivity index is 3.14. The summed E-state index contributed by atoms with van der Waals surface area (Å²) in [5, 5.41) is 0. The fourth-order valence-corrected chi connectivity index (χ4v) is 0.910. The Bertz CT molecular complexity index is 267. The lowest BCUT2D eigenvalue weighted by Crippen LogP contribution is -2.11. The Morgan fingerprint density at radius 3 is 2.50 bits per heavy atom. The van der Waals surface area contributed by atoms with Crippen molar-refractivity contribution in [1.29, 1.82) is 0 Å². The van der Waals surface area contributed by atoms with Crippen LogP contribution < -0.4 is 5.73 Å². The summed E-state index contributed by atoms with van der Waals surface area (Å²) in [7, 11) is 0. The standard InChI is InChI=1S/C8H7F3N/c9-8(10,11)7-4-2-1-3-6(7)5-12/h2-4H,5,12H2. The van der Waals surface area contributed by atoms with E-state index in [4.69, 9.17) is 5.73 Å². The van der Waals surface area contributed by atoms with Gasteiger partial charge in [0, 0.05) is 6.54 Å². The fraction of sp³-hybridized carbons (Fsp3) is 0.250. The summed E-state index contributed by atoms with van der Waals surface area (Å²) in [5.74, 6) is 0. The second-order valence-corrected chi connectivity index (χ2v) is 2.29. The molecule has 12 heavy (non-hydrogen) atoms. The molecular weight excluding hydrogens is 167 g/mol. The molecule has 0 amide bonds. The molecule has 0 bridgehead atoms. The van der Waals surface area contributed by atoms with E-state index in [0.717, 1.165) is 6.07 Å². The predicted octanol–water partition coefficient (Wildman–Crippen LogP) is 1.96. The number of hydrogen-bond acceptors (Lipinski definition) is 1. The van der Waals surface area contributed by atoms with Gasteiger partial charge in [-0.05, 0) is 23.8 Å². The van der Waals surface area contributed by atoms with Crippen LogP contribution in [-0.4, -0.2) is 0 Å². The van der Waals surface area contributed by atoms with E-state index in [1.165, 1.54) is 12.1 Å². The molecule has 0 fully saturated rings. The van der Waals surface area contributed by atoms with Crippen LogP contribution in [0.2, 0.25) is 0 Å². The van der Waals surface area contributed by atoms with E-state index < -0.39 is 11.7 Å². The van der Waals surface area contributed by atoms with Crippen LogP contribution in [0.1, 0.15) is 11.1 Å². The van der Waals surface area contributed by atoms with Crippen molar-refractivity contribution >= 4 is 0 Å². The highest BCUT2D eigenvalue weighted by Gasteiger charge is 2.32. The average Bonchev–Trinajstić information content (AvgIpc) is 2.03. The molecule has 0 aliphatic carbocycles. The van der Waals surface area contributed by atoms with Crippen molar-refractivity contribution in [3.8, 4) is 0 Å². The normalized spacial score (nSPS) is 11.7. The number of nitrogens with two attached hydrogens (primary N) is 1. The molecule has 0 aliphatic rings. The van der Waals surface area contributed by atoms with Gasteiger partial charge in [0.25, 0.3) is 0 Å². The molecule has 0 heterocycles. The van der Waals surface area contributed by atoms with E-state index in [1.54, 1.807) is 0 Å². The van der Waals surface area contributed by atoms with Gasteiger partial charge in [0.15, 0.2) is 0 Å². The maximum atomic E-state index is 12.2. The summed E-state index contributed by atoms with van der Waals surface area (Å²) < 4.78 is 36.5. The van der Waals surface area contributed by atoms with E-state index >= 15 is 0 Å². The maximum absolute atomic E-state index is 12.2. The molecule has 1 aromatic rings. The first-order chi connectivity index (χ1) is 5.55.